The van der Waals surface area contributed by atoms with Gasteiger partial charge in [0, 0.05) is 24.4 Å². The van der Waals surface area contributed by atoms with Crippen LogP contribution in [0.3, 0.4) is 0 Å². The molecule has 3 aromatic rings. The van der Waals surface area contributed by atoms with Gasteiger partial charge in [-0.05, 0) is 41.1 Å². The van der Waals surface area contributed by atoms with Gasteiger partial charge in [0.2, 0.25) is 0 Å². The summed E-state index contributed by atoms with van der Waals surface area (Å²) in [5.74, 6) is 0.582. The van der Waals surface area contributed by atoms with Gasteiger partial charge in [-0.2, -0.15) is 5.10 Å². The molecule has 0 bridgehead atoms. The first-order chi connectivity index (χ1) is 15.2. The maximum absolute atomic E-state index is 12.9. The van der Waals surface area contributed by atoms with Gasteiger partial charge in [0.1, 0.15) is 5.75 Å². The summed E-state index contributed by atoms with van der Waals surface area (Å²) in [5.41, 5.74) is 3.98. The minimum absolute atomic E-state index is 0.0225. The lowest BCUT2D eigenvalue weighted by Crippen LogP contribution is -2.58. The molecule has 1 fully saturated rings. The van der Waals surface area contributed by atoms with Crippen LogP contribution in [-0.4, -0.2) is 26.8 Å². The SMILES string of the molecule is O=C1NC2(Oc3ccccc3C3CC(c4ccccc4)=NN32)S/C1=C\c1cccnc1. The van der Waals surface area contributed by atoms with Gasteiger partial charge in [0.05, 0.1) is 16.7 Å². The molecule has 4 heterocycles. The fourth-order valence-corrected chi connectivity index (χ4v) is 5.33. The molecule has 2 unspecified atom stereocenters. The van der Waals surface area contributed by atoms with Gasteiger partial charge in [0.15, 0.2) is 0 Å². The van der Waals surface area contributed by atoms with Crippen LogP contribution < -0.4 is 10.1 Å². The Kier molecular flexibility index (Phi) is 4.11. The smallest absolute Gasteiger partial charge is 0.336 e. The number of ether oxygens (including phenoxy) is 1. The number of hydrazone groups is 1. The molecule has 2 aromatic carbocycles. The van der Waals surface area contributed by atoms with E-state index in [9.17, 15) is 4.79 Å². The first-order valence-electron chi connectivity index (χ1n) is 10.1. The van der Waals surface area contributed by atoms with Crippen molar-refractivity contribution in [2.24, 2.45) is 5.10 Å². The van der Waals surface area contributed by atoms with E-state index in [0.29, 0.717) is 4.91 Å². The maximum atomic E-state index is 12.9. The molecule has 1 saturated heterocycles. The number of carbonyl (C=O) groups excluding carboxylic acids is 1. The van der Waals surface area contributed by atoms with E-state index in [4.69, 9.17) is 9.84 Å². The van der Waals surface area contributed by atoms with E-state index in [1.807, 2.05) is 59.6 Å². The number of nitrogens with one attached hydrogen (secondary N) is 1. The summed E-state index contributed by atoms with van der Waals surface area (Å²) in [7, 11) is 0. The lowest BCUT2D eigenvalue weighted by atomic mass is 9.97. The van der Waals surface area contributed by atoms with E-state index >= 15 is 0 Å². The van der Waals surface area contributed by atoms with Crippen molar-refractivity contribution in [3.63, 3.8) is 0 Å². The number of aromatic nitrogens is 1. The molecule has 1 N–H and O–H groups in total. The summed E-state index contributed by atoms with van der Waals surface area (Å²) < 4.78 is 6.41. The van der Waals surface area contributed by atoms with Gasteiger partial charge >= 0.3 is 5.18 Å². The fourth-order valence-electron chi connectivity index (χ4n) is 4.16. The molecule has 3 aliphatic rings. The molecule has 0 aliphatic carbocycles. The lowest BCUT2D eigenvalue weighted by molar-refractivity contribution is -0.127. The largest absolute Gasteiger partial charge is 0.439 e. The van der Waals surface area contributed by atoms with Crippen LogP contribution in [0.4, 0.5) is 0 Å². The summed E-state index contributed by atoms with van der Waals surface area (Å²) in [5, 5.41) is 8.78. The van der Waals surface area contributed by atoms with Crippen LogP contribution in [0.5, 0.6) is 5.75 Å². The summed E-state index contributed by atoms with van der Waals surface area (Å²) >= 11 is 1.34. The quantitative estimate of drug-likeness (QED) is 0.624. The van der Waals surface area contributed by atoms with Crippen LogP contribution in [0.25, 0.3) is 6.08 Å². The monoisotopic (exact) mass is 426 g/mol. The molecule has 1 spiro atoms. The van der Waals surface area contributed by atoms with Crippen LogP contribution in [0, 0.1) is 0 Å². The summed E-state index contributed by atoms with van der Waals surface area (Å²) in [6.45, 7) is 0. The average molecular weight is 427 g/mol. The van der Waals surface area contributed by atoms with E-state index < -0.39 is 5.18 Å². The Balaban J connectivity index is 1.43. The Hall–Kier alpha value is -3.58. The molecule has 3 aliphatic heterocycles. The zero-order chi connectivity index (χ0) is 20.8. The second kappa shape index (κ2) is 6.99. The predicted octanol–water partition coefficient (Wildman–Crippen LogP) is 4.14. The molecule has 6 rings (SSSR count). The minimum atomic E-state index is -1.12. The molecule has 2 atom stereocenters. The molecule has 0 radical (unpaired) electrons. The lowest BCUT2D eigenvalue weighted by Gasteiger charge is -2.43. The topological polar surface area (TPSA) is 66.8 Å². The van der Waals surface area contributed by atoms with Crippen molar-refractivity contribution in [2.45, 2.75) is 17.6 Å². The standard InChI is InChI=1S/C24H18N4O2S/c29-23-22(13-16-7-6-12-25-15-16)31-24(26-23)28-20(18-10-4-5-11-21(18)30-24)14-19(27-28)17-8-2-1-3-9-17/h1-13,15,20H,14H2,(H,26,29)/b22-13-. The van der Waals surface area contributed by atoms with E-state index in [1.165, 1.54) is 11.8 Å². The number of rotatable bonds is 2. The summed E-state index contributed by atoms with van der Waals surface area (Å²) in [6, 6.07) is 21.8. The Bertz CT molecular complexity index is 1230. The maximum Gasteiger partial charge on any atom is 0.336 e. The highest BCUT2D eigenvalue weighted by atomic mass is 32.2. The average Bonchev–Trinajstić information content (AvgIpc) is 3.39. The van der Waals surface area contributed by atoms with Gasteiger partial charge < -0.3 is 4.74 Å². The second-order valence-electron chi connectivity index (χ2n) is 7.55. The molecule has 6 nitrogen and oxygen atoms in total. The Morgan fingerprint density at radius 2 is 1.94 bits per heavy atom. The van der Waals surface area contributed by atoms with Crippen LogP contribution in [0.15, 0.2) is 89.1 Å². The predicted molar refractivity (Wildman–Crippen MR) is 120 cm³/mol. The highest BCUT2D eigenvalue weighted by Gasteiger charge is 2.57. The molecular formula is C24H18N4O2S. The number of hydrogen-bond acceptors (Lipinski definition) is 6. The van der Waals surface area contributed by atoms with Crippen molar-refractivity contribution >= 4 is 29.5 Å². The van der Waals surface area contributed by atoms with Crippen molar-refractivity contribution in [3.05, 3.63) is 101 Å². The summed E-state index contributed by atoms with van der Waals surface area (Å²) in [4.78, 5) is 17.6. The highest BCUT2D eigenvalue weighted by Crippen LogP contribution is 2.53. The Morgan fingerprint density at radius 1 is 1.10 bits per heavy atom. The Morgan fingerprint density at radius 3 is 2.77 bits per heavy atom. The molecule has 1 amide bonds. The van der Waals surface area contributed by atoms with Crippen molar-refractivity contribution in [1.82, 2.24) is 15.3 Å². The van der Waals surface area contributed by atoms with Crippen molar-refractivity contribution < 1.29 is 9.53 Å². The van der Waals surface area contributed by atoms with E-state index in [0.717, 1.165) is 34.6 Å². The highest BCUT2D eigenvalue weighted by molar-refractivity contribution is 8.05. The van der Waals surface area contributed by atoms with Crippen molar-refractivity contribution in [2.75, 3.05) is 0 Å². The normalized spacial score (nSPS) is 25.1. The van der Waals surface area contributed by atoms with E-state index in [-0.39, 0.29) is 11.9 Å². The zero-order valence-electron chi connectivity index (χ0n) is 16.4. The number of pyridine rings is 1. The molecule has 152 valence electrons. The number of hydrogen-bond donors (Lipinski definition) is 1. The number of para-hydroxylation sites is 1. The van der Waals surface area contributed by atoms with E-state index in [1.54, 1.807) is 12.4 Å². The summed E-state index contributed by atoms with van der Waals surface area (Å²) in [6.07, 6.45) is 6.01. The third-order valence-electron chi connectivity index (χ3n) is 5.57. The first-order valence-corrected chi connectivity index (χ1v) is 10.9. The zero-order valence-corrected chi connectivity index (χ0v) is 17.3. The van der Waals surface area contributed by atoms with Gasteiger partial charge in [-0.15, -0.1) is 0 Å². The van der Waals surface area contributed by atoms with Crippen LogP contribution in [0.1, 0.15) is 29.2 Å². The molecule has 0 saturated carbocycles. The minimum Gasteiger partial charge on any atom is -0.439 e. The van der Waals surface area contributed by atoms with Gasteiger partial charge in [-0.3, -0.25) is 15.1 Å². The number of amides is 1. The number of nitrogens with zero attached hydrogens (tertiary/aromatic N) is 3. The van der Waals surface area contributed by atoms with Crippen LogP contribution in [-0.2, 0) is 4.79 Å². The molecular weight excluding hydrogens is 408 g/mol. The number of thioether (sulfide) groups is 1. The van der Waals surface area contributed by atoms with Gasteiger partial charge in [-0.1, -0.05) is 54.6 Å². The van der Waals surface area contributed by atoms with Crippen molar-refractivity contribution in [1.29, 1.82) is 0 Å². The van der Waals surface area contributed by atoms with Gasteiger partial charge in [0.25, 0.3) is 5.91 Å². The van der Waals surface area contributed by atoms with Gasteiger partial charge in [-0.25, -0.2) is 5.01 Å². The third kappa shape index (κ3) is 3.00. The van der Waals surface area contributed by atoms with Crippen LogP contribution in [0.2, 0.25) is 0 Å². The molecule has 1 aromatic heterocycles. The fraction of sp³-hybridized carbons (Fsp3) is 0.125. The van der Waals surface area contributed by atoms with Crippen molar-refractivity contribution in [3.8, 4) is 5.75 Å². The van der Waals surface area contributed by atoms with E-state index in [2.05, 4.69) is 28.5 Å². The second-order valence-corrected chi connectivity index (χ2v) is 8.75. The molecule has 31 heavy (non-hydrogen) atoms. The van der Waals surface area contributed by atoms with Crippen LogP contribution >= 0.6 is 11.8 Å². The molecule has 7 heteroatoms. The number of benzene rings is 2. The number of fused-ring (bicyclic) bond motifs is 4. The third-order valence-corrected chi connectivity index (χ3v) is 6.74. The Labute approximate surface area is 183 Å². The first kappa shape index (κ1) is 18.2. The number of carbonyl (C=O) groups is 1.